The maximum atomic E-state index is 5.82. The summed E-state index contributed by atoms with van der Waals surface area (Å²) in [4.78, 5) is 11.3. The molecule has 1 aliphatic heterocycles. The SMILES string of the molecule is CCNC(=NCC(C)(C)N1CCOCC1)NCCc1ccc(Cl)nc1. The number of nitrogens with one attached hydrogen (secondary N) is 2. The first kappa shape index (κ1) is 19.9. The van der Waals surface area contributed by atoms with Gasteiger partial charge in [-0.2, -0.15) is 0 Å². The van der Waals surface area contributed by atoms with Gasteiger partial charge in [0.1, 0.15) is 5.15 Å². The summed E-state index contributed by atoms with van der Waals surface area (Å²) in [5, 5.41) is 7.23. The molecule has 2 N–H and O–H groups in total. The fourth-order valence-corrected chi connectivity index (χ4v) is 2.87. The molecule has 1 aromatic heterocycles. The second-order valence-corrected chi connectivity index (χ2v) is 7.16. The van der Waals surface area contributed by atoms with E-state index in [1.54, 1.807) is 0 Å². The molecule has 0 atom stereocenters. The lowest BCUT2D eigenvalue weighted by atomic mass is 10.0. The van der Waals surface area contributed by atoms with Gasteiger partial charge in [-0.15, -0.1) is 0 Å². The number of hydrogen-bond acceptors (Lipinski definition) is 4. The second-order valence-electron chi connectivity index (χ2n) is 6.77. The van der Waals surface area contributed by atoms with E-state index in [2.05, 4.69) is 41.3 Å². The van der Waals surface area contributed by atoms with Gasteiger partial charge in [-0.05, 0) is 38.8 Å². The lowest BCUT2D eigenvalue weighted by molar-refractivity contribution is -0.00683. The largest absolute Gasteiger partial charge is 0.379 e. The van der Waals surface area contributed by atoms with E-state index >= 15 is 0 Å². The molecule has 0 aliphatic carbocycles. The smallest absolute Gasteiger partial charge is 0.191 e. The van der Waals surface area contributed by atoms with Crippen molar-refractivity contribution >= 4 is 17.6 Å². The topological polar surface area (TPSA) is 61.8 Å². The first-order valence-electron chi connectivity index (χ1n) is 8.96. The third kappa shape index (κ3) is 6.80. The minimum Gasteiger partial charge on any atom is -0.379 e. The van der Waals surface area contributed by atoms with E-state index in [1.807, 2.05) is 18.3 Å². The summed E-state index contributed by atoms with van der Waals surface area (Å²) in [6.45, 7) is 12.5. The standard InChI is InChI=1S/C18H30ClN5O/c1-4-20-17(21-8-7-15-5-6-16(19)22-13-15)23-14-18(2,3)24-9-11-25-12-10-24/h5-6,13H,4,7-12,14H2,1-3H3,(H2,20,21,23). The zero-order valence-corrected chi connectivity index (χ0v) is 16.3. The summed E-state index contributed by atoms with van der Waals surface area (Å²) in [6, 6.07) is 3.82. The Labute approximate surface area is 156 Å². The summed E-state index contributed by atoms with van der Waals surface area (Å²) in [7, 11) is 0. The summed E-state index contributed by atoms with van der Waals surface area (Å²) in [6.07, 6.45) is 2.69. The molecule has 0 spiro atoms. The van der Waals surface area contributed by atoms with Crippen molar-refractivity contribution in [3.05, 3.63) is 29.0 Å². The van der Waals surface area contributed by atoms with Crippen LogP contribution < -0.4 is 10.6 Å². The van der Waals surface area contributed by atoms with Crippen LogP contribution in [0.4, 0.5) is 0 Å². The van der Waals surface area contributed by atoms with E-state index in [9.17, 15) is 0 Å². The van der Waals surface area contributed by atoms with Crippen LogP contribution in [0.15, 0.2) is 23.3 Å². The fraction of sp³-hybridized carbons (Fsp3) is 0.667. The zero-order valence-electron chi connectivity index (χ0n) is 15.5. The van der Waals surface area contributed by atoms with Gasteiger partial charge in [0.15, 0.2) is 5.96 Å². The normalized spacial score (nSPS) is 16.7. The third-order valence-corrected chi connectivity index (χ3v) is 4.55. The highest BCUT2D eigenvalue weighted by Crippen LogP contribution is 2.16. The first-order chi connectivity index (χ1) is 12.0. The molecule has 1 saturated heterocycles. The number of nitrogens with zero attached hydrogens (tertiary/aromatic N) is 3. The summed E-state index contributed by atoms with van der Waals surface area (Å²) < 4.78 is 5.45. The highest BCUT2D eigenvalue weighted by atomic mass is 35.5. The lowest BCUT2D eigenvalue weighted by Crippen LogP contribution is -2.52. The monoisotopic (exact) mass is 367 g/mol. The van der Waals surface area contributed by atoms with Crippen molar-refractivity contribution in [1.29, 1.82) is 0 Å². The van der Waals surface area contributed by atoms with Gasteiger partial charge < -0.3 is 15.4 Å². The van der Waals surface area contributed by atoms with E-state index in [0.717, 1.165) is 63.9 Å². The van der Waals surface area contributed by atoms with Crippen LogP contribution in [0.25, 0.3) is 0 Å². The summed E-state index contributed by atoms with van der Waals surface area (Å²) >= 11 is 5.82. The number of hydrogen-bond donors (Lipinski definition) is 2. The van der Waals surface area contributed by atoms with Gasteiger partial charge in [0, 0.05) is 37.9 Å². The molecule has 140 valence electrons. The van der Waals surface area contributed by atoms with Crippen LogP contribution in [0.1, 0.15) is 26.3 Å². The van der Waals surface area contributed by atoms with Crippen molar-refractivity contribution in [2.75, 3.05) is 45.9 Å². The van der Waals surface area contributed by atoms with Crippen LogP contribution in [-0.4, -0.2) is 67.3 Å². The van der Waals surface area contributed by atoms with Crippen molar-refractivity contribution in [2.45, 2.75) is 32.7 Å². The van der Waals surface area contributed by atoms with Crippen LogP contribution in [0, 0.1) is 0 Å². The number of ether oxygens (including phenoxy) is 1. The van der Waals surface area contributed by atoms with E-state index in [0.29, 0.717) is 5.15 Å². The van der Waals surface area contributed by atoms with Gasteiger partial charge >= 0.3 is 0 Å². The predicted molar refractivity (Wildman–Crippen MR) is 103 cm³/mol. The minimum absolute atomic E-state index is 0.0201. The number of aromatic nitrogens is 1. The van der Waals surface area contributed by atoms with Crippen molar-refractivity contribution in [3.8, 4) is 0 Å². The maximum Gasteiger partial charge on any atom is 0.191 e. The Morgan fingerprint density at radius 3 is 2.72 bits per heavy atom. The highest BCUT2D eigenvalue weighted by Gasteiger charge is 2.28. The van der Waals surface area contributed by atoms with Crippen molar-refractivity contribution < 1.29 is 4.74 Å². The number of morpholine rings is 1. The Kier molecular flexibility index (Phi) is 7.93. The number of pyridine rings is 1. The molecule has 1 fully saturated rings. The van der Waals surface area contributed by atoms with Crippen molar-refractivity contribution in [1.82, 2.24) is 20.5 Å². The quantitative estimate of drug-likeness (QED) is 0.438. The molecule has 1 aromatic rings. The van der Waals surface area contributed by atoms with Crippen molar-refractivity contribution in [2.24, 2.45) is 4.99 Å². The molecule has 0 saturated carbocycles. The molecule has 0 bridgehead atoms. The van der Waals surface area contributed by atoms with Crippen LogP contribution in [0.2, 0.25) is 5.15 Å². The maximum absolute atomic E-state index is 5.82. The van der Waals surface area contributed by atoms with Crippen molar-refractivity contribution in [3.63, 3.8) is 0 Å². The number of halogens is 1. The third-order valence-electron chi connectivity index (χ3n) is 4.33. The second kappa shape index (κ2) is 9.94. The van der Waals surface area contributed by atoms with E-state index in [1.165, 1.54) is 0 Å². The van der Waals surface area contributed by atoms with Crippen LogP contribution >= 0.6 is 11.6 Å². The molecule has 0 unspecified atom stereocenters. The van der Waals surface area contributed by atoms with E-state index in [-0.39, 0.29) is 5.54 Å². The Morgan fingerprint density at radius 2 is 2.08 bits per heavy atom. The molecule has 25 heavy (non-hydrogen) atoms. The molecule has 2 heterocycles. The lowest BCUT2D eigenvalue weighted by Gasteiger charge is -2.39. The molecule has 2 rings (SSSR count). The Hall–Kier alpha value is -1.37. The average Bonchev–Trinajstić information content (AvgIpc) is 2.62. The van der Waals surface area contributed by atoms with Gasteiger partial charge in [-0.25, -0.2) is 4.98 Å². The number of aliphatic imine (C=N–C) groups is 1. The molecule has 0 aromatic carbocycles. The van der Waals surface area contributed by atoms with Gasteiger partial charge in [-0.1, -0.05) is 17.7 Å². The zero-order chi connectivity index (χ0) is 18.1. The summed E-state index contributed by atoms with van der Waals surface area (Å²) in [5.41, 5.74) is 1.17. The predicted octanol–water partition coefficient (Wildman–Crippen LogP) is 1.94. The average molecular weight is 368 g/mol. The Morgan fingerprint density at radius 1 is 1.32 bits per heavy atom. The van der Waals surface area contributed by atoms with Crippen LogP contribution in [-0.2, 0) is 11.2 Å². The molecule has 0 amide bonds. The Balaban J connectivity index is 1.85. The minimum atomic E-state index is 0.0201. The number of rotatable bonds is 7. The molecule has 0 radical (unpaired) electrons. The first-order valence-corrected chi connectivity index (χ1v) is 9.34. The molecular weight excluding hydrogens is 338 g/mol. The highest BCUT2D eigenvalue weighted by molar-refractivity contribution is 6.29. The summed E-state index contributed by atoms with van der Waals surface area (Å²) in [5.74, 6) is 0.853. The molecule has 1 aliphatic rings. The van der Waals surface area contributed by atoms with E-state index < -0.39 is 0 Å². The van der Waals surface area contributed by atoms with Crippen LogP contribution in [0.3, 0.4) is 0 Å². The van der Waals surface area contributed by atoms with Crippen LogP contribution in [0.5, 0.6) is 0 Å². The van der Waals surface area contributed by atoms with Gasteiger partial charge in [0.25, 0.3) is 0 Å². The van der Waals surface area contributed by atoms with Gasteiger partial charge in [-0.3, -0.25) is 9.89 Å². The fourth-order valence-electron chi connectivity index (χ4n) is 2.76. The molecule has 6 nitrogen and oxygen atoms in total. The van der Waals surface area contributed by atoms with Gasteiger partial charge in [0.2, 0.25) is 0 Å². The molecule has 7 heteroatoms. The van der Waals surface area contributed by atoms with Gasteiger partial charge in [0.05, 0.1) is 19.8 Å². The molecular formula is C18H30ClN5O. The Bertz CT molecular complexity index is 541. The van der Waals surface area contributed by atoms with E-state index in [4.69, 9.17) is 21.3 Å². The number of guanidine groups is 1.